The van der Waals surface area contributed by atoms with Crippen LogP contribution in [0.1, 0.15) is 17.2 Å². The van der Waals surface area contributed by atoms with Gasteiger partial charge in [-0.2, -0.15) is 0 Å². The molecule has 0 radical (unpaired) electrons. The summed E-state index contributed by atoms with van der Waals surface area (Å²) in [5.74, 6) is -0.315. The minimum absolute atomic E-state index is 0.296. The van der Waals surface area contributed by atoms with Crippen LogP contribution in [-0.2, 0) is 6.42 Å². The van der Waals surface area contributed by atoms with Crippen LogP contribution < -0.4 is 5.73 Å². The summed E-state index contributed by atoms with van der Waals surface area (Å²) in [6.45, 7) is 0. The fourth-order valence-corrected chi connectivity index (χ4v) is 2.65. The molecule has 94 valence electrons. The van der Waals surface area contributed by atoms with Gasteiger partial charge in [-0.1, -0.05) is 51.8 Å². The molecule has 4 heteroatoms. The molecule has 0 aliphatic heterocycles. The predicted octanol–water partition coefficient (Wildman–Crippen LogP) is 4.48. The van der Waals surface area contributed by atoms with Crippen LogP contribution in [-0.4, -0.2) is 0 Å². The molecule has 2 N–H and O–H groups in total. The molecule has 0 spiro atoms. The van der Waals surface area contributed by atoms with Crippen molar-refractivity contribution in [3.63, 3.8) is 0 Å². The summed E-state index contributed by atoms with van der Waals surface area (Å²) in [4.78, 5) is 0. The van der Waals surface area contributed by atoms with Gasteiger partial charge in [0.1, 0.15) is 5.82 Å². The lowest BCUT2D eigenvalue weighted by Crippen LogP contribution is -2.15. The predicted molar refractivity (Wildman–Crippen MR) is 76.2 cm³/mol. The van der Waals surface area contributed by atoms with E-state index >= 15 is 0 Å². The van der Waals surface area contributed by atoms with Crippen LogP contribution in [0, 0.1) is 5.82 Å². The highest BCUT2D eigenvalue weighted by molar-refractivity contribution is 9.10. The lowest BCUT2D eigenvalue weighted by atomic mass is 9.99. The second kappa shape index (κ2) is 5.83. The molecule has 0 aliphatic carbocycles. The lowest BCUT2D eigenvalue weighted by Gasteiger charge is -2.15. The van der Waals surface area contributed by atoms with E-state index in [1.807, 2.05) is 24.3 Å². The topological polar surface area (TPSA) is 26.0 Å². The smallest absolute Gasteiger partial charge is 0.127 e. The van der Waals surface area contributed by atoms with E-state index in [1.165, 1.54) is 6.07 Å². The normalized spacial score (nSPS) is 12.4. The fourth-order valence-electron chi connectivity index (χ4n) is 1.83. The van der Waals surface area contributed by atoms with Crippen LogP contribution in [0.4, 0.5) is 4.39 Å². The first-order valence-corrected chi connectivity index (χ1v) is 6.69. The number of halogens is 3. The molecule has 0 heterocycles. The average molecular weight is 329 g/mol. The Morgan fingerprint density at radius 2 is 1.89 bits per heavy atom. The SMILES string of the molecule is NC(Cc1c(F)cccc1Cl)c1ccccc1Br. The quantitative estimate of drug-likeness (QED) is 0.883. The van der Waals surface area contributed by atoms with Gasteiger partial charge in [-0.05, 0) is 30.2 Å². The maximum absolute atomic E-state index is 13.7. The molecule has 18 heavy (non-hydrogen) atoms. The van der Waals surface area contributed by atoms with Crippen molar-refractivity contribution in [2.45, 2.75) is 12.5 Å². The van der Waals surface area contributed by atoms with Crippen molar-refractivity contribution in [1.29, 1.82) is 0 Å². The molecule has 0 amide bonds. The van der Waals surface area contributed by atoms with Gasteiger partial charge in [0.05, 0.1) is 0 Å². The van der Waals surface area contributed by atoms with E-state index in [0.29, 0.717) is 17.0 Å². The summed E-state index contributed by atoms with van der Waals surface area (Å²) in [5.41, 5.74) is 7.51. The van der Waals surface area contributed by atoms with Gasteiger partial charge in [0.15, 0.2) is 0 Å². The summed E-state index contributed by atoms with van der Waals surface area (Å²) in [7, 11) is 0. The maximum atomic E-state index is 13.7. The Morgan fingerprint density at radius 3 is 2.56 bits per heavy atom. The van der Waals surface area contributed by atoms with Gasteiger partial charge < -0.3 is 5.73 Å². The second-order valence-electron chi connectivity index (χ2n) is 4.03. The van der Waals surface area contributed by atoms with Crippen molar-refractivity contribution in [2.24, 2.45) is 5.73 Å². The van der Waals surface area contributed by atoms with E-state index in [9.17, 15) is 4.39 Å². The van der Waals surface area contributed by atoms with Crippen LogP contribution in [0.25, 0.3) is 0 Å². The van der Waals surface area contributed by atoms with Gasteiger partial charge in [-0.3, -0.25) is 0 Å². The Hall–Kier alpha value is -0.900. The molecular formula is C14H12BrClFN. The van der Waals surface area contributed by atoms with Crippen molar-refractivity contribution >= 4 is 27.5 Å². The first-order chi connectivity index (χ1) is 8.59. The Balaban J connectivity index is 2.27. The molecule has 0 saturated heterocycles. The largest absolute Gasteiger partial charge is 0.324 e. The maximum Gasteiger partial charge on any atom is 0.127 e. The van der Waals surface area contributed by atoms with E-state index in [0.717, 1.165) is 10.0 Å². The van der Waals surface area contributed by atoms with Gasteiger partial charge in [0.2, 0.25) is 0 Å². The van der Waals surface area contributed by atoms with Gasteiger partial charge in [-0.25, -0.2) is 4.39 Å². The van der Waals surface area contributed by atoms with Gasteiger partial charge in [0.25, 0.3) is 0 Å². The number of benzene rings is 2. The average Bonchev–Trinajstić information content (AvgIpc) is 2.34. The zero-order valence-electron chi connectivity index (χ0n) is 9.54. The van der Waals surface area contributed by atoms with Crippen molar-refractivity contribution < 1.29 is 4.39 Å². The Labute approximate surface area is 119 Å². The van der Waals surface area contributed by atoms with Crippen molar-refractivity contribution in [1.82, 2.24) is 0 Å². The van der Waals surface area contributed by atoms with Gasteiger partial charge in [-0.15, -0.1) is 0 Å². The molecule has 1 atom stereocenters. The fraction of sp³-hybridized carbons (Fsp3) is 0.143. The van der Waals surface area contributed by atoms with Crippen LogP contribution in [0.2, 0.25) is 5.02 Å². The standard InChI is InChI=1S/C14H12BrClFN/c15-11-5-2-1-4-9(11)14(18)8-10-12(16)6-3-7-13(10)17/h1-7,14H,8,18H2. The van der Waals surface area contributed by atoms with Crippen molar-refractivity contribution in [3.8, 4) is 0 Å². The highest BCUT2D eigenvalue weighted by Gasteiger charge is 2.14. The highest BCUT2D eigenvalue weighted by atomic mass is 79.9. The molecule has 1 nitrogen and oxygen atoms in total. The molecule has 0 aromatic heterocycles. The summed E-state index contributed by atoms with van der Waals surface area (Å²) < 4.78 is 14.6. The summed E-state index contributed by atoms with van der Waals surface area (Å²) in [6, 6.07) is 12.0. The summed E-state index contributed by atoms with van der Waals surface area (Å²) in [5, 5.41) is 0.414. The van der Waals surface area contributed by atoms with Crippen LogP contribution in [0.5, 0.6) is 0 Å². The lowest BCUT2D eigenvalue weighted by molar-refractivity contribution is 0.593. The molecule has 0 fully saturated rings. The monoisotopic (exact) mass is 327 g/mol. The molecule has 0 saturated carbocycles. The number of rotatable bonds is 3. The zero-order chi connectivity index (χ0) is 13.1. The summed E-state index contributed by atoms with van der Waals surface area (Å²) in [6.07, 6.45) is 0.369. The van der Waals surface area contributed by atoms with E-state index < -0.39 is 0 Å². The number of nitrogens with two attached hydrogens (primary N) is 1. The van der Waals surface area contributed by atoms with Gasteiger partial charge in [0, 0.05) is 21.1 Å². The third-order valence-electron chi connectivity index (χ3n) is 2.79. The van der Waals surface area contributed by atoms with E-state index in [1.54, 1.807) is 12.1 Å². The number of hydrogen-bond donors (Lipinski definition) is 1. The van der Waals surface area contributed by atoms with Crippen molar-refractivity contribution in [3.05, 3.63) is 68.9 Å². The molecule has 0 bridgehead atoms. The Morgan fingerprint density at radius 1 is 1.17 bits per heavy atom. The first-order valence-electron chi connectivity index (χ1n) is 5.52. The second-order valence-corrected chi connectivity index (χ2v) is 5.29. The first kappa shape index (κ1) is 13.5. The van der Waals surface area contributed by atoms with Crippen molar-refractivity contribution in [2.75, 3.05) is 0 Å². The third-order valence-corrected chi connectivity index (χ3v) is 3.87. The minimum atomic E-state index is -0.315. The van der Waals surface area contributed by atoms with E-state index in [-0.39, 0.29) is 11.9 Å². The van der Waals surface area contributed by atoms with Gasteiger partial charge >= 0.3 is 0 Å². The molecule has 2 aromatic carbocycles. The third kappa shape index (κ3) is 2.91. The van der Waals surface area contributed by atoms with E-state index in [2.05, 4.69) is 15.9 Å². The Bertz CT molecular complexity index is 539. The minimum Gasteiger partial charge on any atom is -0.324 e. The highest BCUT2D eigenvalue weighted by Crippen LogP contribution is 2.28. The molecule has 2 aromatic rings. The molecule has 1 unspecified atom stereocenters. The molecule has 2 rings (SSSR count). The Kier molecular flexibility index (Phi) is 4.38. The van der Waals surface area contributed by atoms with Crippen LogP contribution in [0.3, 0.4) is 0 Å². The van der Waals surface area contributed by atoms with Crippen LogP contribution >= 0.6 is 27.5 Å². The molecule has 0 aliphatic rings. The molecular weight excluding hydrogens is 317 g/mol. The zero-order valence-corrected chi connectivity index (χ0v) is 11.9. The van der Waals surface area contributed by atoms with Crippen LogP contribution in [0.15, 0.2) is 46.9 Å². The summed E-state index contributed by atoms with van der Waals surface area (Å²) >= 11 is 9.43. The number of hydrogen-bond acceptors (Lipinski definition) is 1. The van der Waals surface area contributed by atoms with E-state index in [4.69, 9.17) is 17.3 Å².